The molecule has 4 aromatic rings. The normalized spacial score (nSPS) is 10.5. The van der Waals surface area contributed by atoms with Gasteiger partial charge in [-0.25, -0.2) is 18.9 Å². The second-order valence-corrected chi connectivity index (χ2v) is 5.60. The first-order chi connectivity index (χ1) is 12.6. The Kier molecular flexibility index (Phi) is 5.14. The van der Waals surface area contributed by atoms with Gasteiger partial charge in [0.05, 0.1) is 5.69 Å². The maximum absolute atomic E-state index is 13.3. The molecule has 0 aliphatic heterocycles. The lowest BCUT2D eigenvalue weighted by molar-refractivity contribution is 0.628. The Morgan fingerprint density at radius 1 is 1.00 bits per heavy atom. The lowest BCUT2D eigenvalue weighted by Gasteiger charge is -2.06. The largest absolute Gasteiger partial charge is 0.384 e. The van der Waals surface area contributed by atoms with Gasteiger partial charge in [0.2, 0.25) is 0 Å². The van der Waals surface area contributed by atoms with Gasteiger partial charge in [0, 0.05) is 17.3 Å². The molecule has 5 nitrogen and oxygen atoms in total. The summed E-state index contributed by atoms with van der Waals surface area (Å²) in [7, 11) is 0. The maximum Gasteiger partial charge on any atom is 0.155 e. The minimum absolute atomic E-state index is 0.307. The minimum atomic E-state index is -0.307. The molecule has 0 saturated heterocycles. The van der Waals surface area contributed by atoms with Crippen LogP contribution in [-0.2, 0) is 0 Å². The summed E-state index contributed by atoms with van der Waals surface area (Å²) >= 11 is 6.04. The summed E-state index contributed by atoms with van der Waals surface area (Å²) in [5.41, 5.74) is 9.38. The zero-order valence-corrected chi connectivity index (χ0v) is 15.1. The van der Waals surface area contributed by atoms with Gasteiger partial charge in [-0.1, -0.05) is 25.4 Å². The third-order valence-electron chi connectivity index (χ3n) is 3.62. The second-order valence-electron chi connectivity index (χ2n) is 5.21. The fraction of sp³-hybridized carbons (Fsp3) is 0.105. The van der Waals surface area contributed by atoms with Gasteiger partial charge in [-0.15, -0.1) is 0 Å². The molecule has 0 aliphatic carbocycles. The standard InChI is InChI=1S/C17H11ClFN5.C2H6/c18-13-5-6-15-22-16(10-1-3-12(19)4-2-10)17(24(15)23-13)11-7-8-21-14(20)9-11;1-2/h1-9H,(H2,20,21);1-2H3. The molecule has 0 unspecified atom stereocenters. The molecule has 0 aliphatic rings. The number of imidazole rings is 1. The Balaban J connectivity index is 0.000000948. The van der Waals surface area contributed by atoms with Crippen LogP contribution in [0, 0.1) is 5.82 Å². The first kappa shape index (κ1) is 17.8. The monoisotopic (exact) mass is 369 g/mol. The van der Waals surface area contributed by atoms with E-state index in [9.17, 15) is 4.39 Å². The van der Waals surface area contributed by atoms with E-state index in [0.717, 1.165) is 11.1 Å². The van der Waals surface area contributed by atoms with Gasteiger partial charge in [0.25, 0.3) is 0 Å². The SMILES string of the molecule is CC.Nc1cc(-c2c(-c3ccc(F)cc3)nc3ccc(Cl)nn23)ccn1. The van der Waals surface area contributed by atoms with Crippen LogP contribution in [0.15, 0.2) is 54.7 Å². The molecule has 0 amide bonds. The van der Waals surface area contributed by atoms with E-state index >= 15 is 0 Å². The van der Waals surface area contributed by atoms with Crippen LogP contribution in [0.1, 0.15) is 13.8 Å². The Morgan fingerprint density at radius 3 is 2.42 bits per heavy atom. The number of hydrogen-bond donors (Lipinski definition) is 1. The van der Waals surface area contributed by atoms with E-state index in [1.54, 1.807) is 41.0 Å². The molecular formula is C19H17ClFN5. The number of rotatable bonds is 2. The molecule has 0 radical (unpaired) electrons. The summed E-state index contributed by atoms with van der Waals surface area (Å²) in [6.07, 6.45) is 1.61. The summed E-state index contributed by atoms with van der Waals surface area (Å²) in [5.74, 6) is 0.0768. The molecule has 132 valence electrons. The highest BCUT2D eigenvalue weighted by Crippen LogP contribution is 2.33. The van der Waals surface area contributed by atoms with Crippen LogP contribution < -0.4 is 5.73 Å². The molecular weight excluding hydrogens is 353 g/mol. The summed E-state index contributed by atoms with van der Waals surface area (Å²) in [6, 6.07) is 13.1. The number of nitrogens with two attached hydrogens (primary N) is 1. The fourth-order valence-corrected chi connectivity index (χ4v) is 2.71. The summed E-state index contributed by atoms with van der Waals surface area (Å²) < 4.78 is 14.9. The minimum Gasteiger partial charge on any atom is -0.384 e. The molecule has 1 aromatic carbocycles. The Morgan fingerprint density at radius 2 is 1.73 bits per heavy atom. The van der Waals surface area contributed by atoms with Gasteiger partial charge < -0.3 is 5.73 Å². The van der Waals surface area contributed by atoms with Gasteiger partial charge in [-0.3, -0.25) is 0 Å². The lowest BCUT2D eigenvalue weighted by atomic mass is 10.1. The topological polar surface area (TPSA) is 69.1 Å². The fourth-order valence-electron chi connectivity index (χ4n) is 2.57. The number of nitrogen functional groups attached to an aromatic ring is 1. The van der Waals surface area contributed by atoms with Crippen molar-refractivity contribution in [3.05, 3.63) is 65.7 Å². The predicted molar refractivity (Wildman–Crippen MR) is 102 cm³/mol. The average Bonchev–Trinajstić information content (AvgIpc) is 3.02. The van der Waals surface area contributed by atoms with Crippen LogP contribution in [0.3, 0.4) is 0 Å². The Labute approximate surface area is 155 Å². The lowest BCUT2D eigenvalue weighted by Crippen LogP contribution is -1.96. The third-order valence-corrected chi connectivity index (χ3v) is 3.82. The van der Waals surface area contributed by atoms with Gasteiger partial charge in [-0.05, 0) is 48.5 Å². The summed E-state index contributed by atoms with van der Waals surface area (Å²) in [5, 5.41) is 4.67. The van der Waals surface area contributed by atoms with Gasteiger partial charge in [0.15, 0.2) is 5.65 Å². The molecule has 3 aromatic heterocycles. The van der Waals surface area contributed by atoms with Crippen molar-refractivity contribution < 1.29 is 4.39 Å². The van der Waals surface area contributed by atoms with Crippen LogP contribution in [0.25, 0.3) is 28.2 Å². The molecule has 7 heteroatoms. The van der Waals surface area contributed by atoms with Crippen LogP contribution in [0.2, 0.25) is 5.15 Å². The van der Waals surface area contributed by atoms with Crippen molar-refractivity contribution in [1.82, 2.24) is 19.6 Å². The quantitative estimate of drug-likeness (QED) is 0.547. The first-order valence-corrected chi connectivity index (χ1v) is 8.53. The van der Waals surface area contributed by atoms with Crippen LogP contribution in [0.5, 0.6) is 0 Å². The number of hydrogen-bond acceptors (Lipinski definition) is 4. The van der Waals surface area contributed by atoms with Crippen molar-refractivity contribution in [3.8, 4) is 22.5 Å². The van der Waals surface area contributed by atoms with E-state index in [1.807, 2.05) is 19.9 Å². The summed E-state index contributed by atoms with van der Waals surface area (Å²) in [6.45, 7) is 4.00. The van der Waals surface area contributed by atoms with E-state index in [1.165, 1.54) is 12.1 Å². The first-order valence-electron chi connectivity index (χ1n) is 8.15. The smallest absolute Gasteiger partial charge is 0.155 e. The van der Waals surface area contributed by atoms with Crippen LogP contribution >= 0.6 is 11.6 Å². The number of pyridine rings is 1. The van der Waals surface area contributed by atoms with Crippen molar-refractivity contribution in [2.24, 2.45) is 0 Å². The van der Waals surface area contributed by atoms with Crippen molar-refractivity contribution in [1.29, 1.82) is 0 Å². The molecule has 4 rings (SSSR count). The highest BCUT2D eigenvalue weighted by molar-refractivity contribution is 6.29. The number of nitrogens with zero attached hydrogens (tertiary/aromatic N) is 4. The second kappa shape index (κ2) is 7.49. The van der Waals surface area contributed by atoms with Crippen LogP contribution in [-0.4, -0.2) is 19.6 Å². The molecule has 2 N–H and O–H groups in total. The third kappa shape index (κ3) is 3.36. The highest BCUT2D eigenvalue weighted by atomic mass is 35.5. The van der Waals surface area contributed by atoms with Gasteiger partial charge >= 0.3 is 0 Å². The van der Waals surface area contributed by atoms with E-state index in [-0.39, 0.29) is 5.82 Å². The average molecular weight is 370 g/mol. The molecule has 0 spiro atoms. The number of anilines is 1. The van der Waals surface area contributed by atoms with E-state index in [2.05, 4.69) is 15.1 Å². The van der Waals surface area contributed by atoms with E-state index in [4.69, 9.17) is 17.3 Å². The number of halogens is 2. The number of aromatic nitrogens is 4. The molecule has 0 saturated carbocycles. The van der Waals surface area contributed by atoms with Gasteiger partial charge in [0.1, 0.15) is 22.5 Å². The zero-order valence-electron chi connectivity index (χ0n) is 14.3. The Hall–Kier alpha value is -2.99. The predicted octanol–water partition coefficient (Wildman–Crippen LogP) is 4.86. The van der Waals surface area contributed by atoms with Crippen molar-refractivity contribution in [2.75, 3.05) is 5.73 Å². The zero-order chi connectivity index (χ0) is 18.7. The molecule has 3 heterocycles. The number of benzene rings is 1. The Bertz CT molecular complexity index is 1040. The molecule has 0 atom stereocenters. The van der Waals surface area contributed by atoms with E-state index in [0.29, 0.717) is 28.0 Å². The maximum atomic E-state index is 13.3. The summed E-state index contributed by atoms with van der Waals surface area (Å²) in [4.78, 5) is 8.63. The van der Waals surface area contributed by atoms with E-state index < -0.39 is 0 Å². The van der Waals surface area contributed by atoms with Crippen LogP contribution in [0.4, 0.5) is 10.2 Å². The molecule has 26 heavy (non-hydrogen) atoms. The number of fused-ring (bicyclic) bond motifs is 1. The molecule has 0 fully saturated rings. The van der Waals surface area contributed by atoms with Gasteiger partial charge in [-0.2, -0.15) is 5.10 Å². The highest BCUT2D eigenvalue weighted by Gasteiger charge is 2.17. The van der Waals surface area contributed by atoms with Crippen molar-refractivity contribution in [3.63, 3.8) is 0 Å². The molecule has 0 bridgehead atoms. The van der Waals surface area contributed by atoms with Crippen molar-refractivity contribution >= 4 is 23.1 Å². The van der Waals surface area contributed by atoms with Crippen molar-refractivity contribution in [2.45, 2.75) is 13.8 Å².